The molecule has 87 heavy (non-hydrogen) atoms. The molecule has 450 valence electrons. The number of aliphatic imine (C=N–C) groups is 1. The highest BCUT2D eigenvalue weighted by molar-refractivity contribution is 7.15. The van der Waals surface area contributed by atoms with Crippen molar-refractivity contribution in [2.75, 3.05) is 33.9 Å². The lowest BCUT2D eigenvalue weighted by molar-refractivity contribution is -0.138. The van der Waals surface area contributed by atoms with Crippen LogP contribution in [-0.2, 0) is 35.3 Å². The van der Waals surface area contributed by atoms with Gasteiger partial charge in [0.1, 0.15) is 94.7 Å². The Bertz CT molecular complexity index is 3980. The number of aliphatic hydroxyl groups is 1. The van der Waals surface area contributed by atoms with Crippen LogP contribution in [-0.4, -0.2) is 138 Å². The number of aromatic nitrogens is 7. The standard InChI is InChI=1S/C56H55N15O10S6/c1-24(2)39-55-70-42(36(87-55)19-80-5)47(77)59-17-38(73)67-43(44(74)26-10-7-6-8-11-26)54-66-34(23-85-54)52-63-31(20-83-52)41-27(50-64-32(21-82-50)46(76)61-29(16-37(72)58-4)53-69-40(25(3)86-53)48(78)68-39)13-14-28(60-41)51-65-33(22-84-51)49-62-30(18-81-49)56(79)71-15-9-12-35(71)45(57)75/h6-8,10-11,13-14,20-24,29-30,35,39,43-44,74H,9,12,15-19H2,1-5H3,(H2,57,75)(H,58,72)(H,59,77)(H,61,76)(H,67,73)(H,68,78)/t29-,30-,35-,39-,43?,44?/m0/s1. The van der Waals surface area contributed by atoms with Crippen molar-refractivity contribution in [2.45, 2.75) is 83.0 Å². The van der Waals surface area contributed by atoms with Gasteiger partial charge in [-0.2, -0.15) is 0 Å². The van der Waals surface area contributed by atoms with Gasteiger partial charge in [0.05, 0.1) is 42.2 Å². The van der Waals surface area contributed by atoms with Crippen molar-refractivity contribution in [3.05, 3.63) is 117 Å². The molecule has 11 rings (SSSR count). The molecule has 31 heteroatoms. The van der Waals surface area contributed by atoms with E-state index >= 15 is 0 Å². The molecule has 7 aromatic heterocycles. The highest BCUT2D eigenvalue weighted by Gasteiger charge is 2.39. The monoisotopic (exact) mass is 1290 g/mol. The number of nitrogens with zero attached hydrogens (tertiary/aromatic N) is 9. The lowest BCUT2D eigenvalue weighted by Crippen LogP contribution is -2.47. The molecule has 6 atom stereocenters. The molecule has 0 saturated carbocycles. The van der Waals surface area contributed by atoms with Crippen molar-refractivity contribution in [3.8, 4) is 43.4 Å². The number of nitrogens with one attached hydrogen (secondary N) is 5. The summed E-state index contributed by atoms with van der Waals surface area (Å²) in [6.45, 7) is 5.31. The van der Waals surface area contributed by atoms with Crippen LogP contribution in [0.25, 0.3) is 43.4 Å². The van der Waals surface area contributed by atoms with E-state index in [0.29, 0.717) is 93.8 Å². The van der Waals surface area contributed by atoms with Gasteiger partial charge in [-0.3, -0.25) is 33.6 Å². The van der Waals surface area contributed by atoms with Crippen molar-refractivity contribution in [3.63, 3.8) is 0 Å². The highest BCUT2D eigenvalue weighted by atomic mass is 32.1. The van der Waals surface area contributed by atoms with Crippen LogP contribution in [0.1, 0.15) is 125 Å². The van der Waals surface area contributed by atoms with Crippen LogP contribution in [0.3, 0.4) is 0 Å². The van der Waals surface area contributed by atoms with Gasteiger partial charge in [0.15, 0.2) is 6.04 Å². The van der Waals surface area contributed by atoms with E-state index < -0.39 is 78.3 Å². The number of aryl methyl sites for hydroxylation is 1. The molecule has 8 N–H and O–H groups in total. The fraction of sp³-hybridized carbons (Fsp3) is 0.339. The van der Waals surface area contributed by atoms with Crippen molar-refractivity contribution < 1.29 is 48.1 Å². The molecule has 7 amide bonds. The number of carbonyl (C=O) groups is 7. The van der Waals surface area contributed by atoms with Gasteiger partial charge in [0.25, 0.3) is 23.6 Å². The summed E-state index contributed by atoms with van der Waals surface area (Å²) in [4.78, 5) is 136. The topological polar surface area (TPSA) is 350 Å². The van der Waals surface area contributed by atoms with E-state index in [-0.39, 0.29) is 59.4 Å². The normalized spacial score (nSPS) is 19.6. The maximum absolute atomic E-state index is 14.4. The Morgan fingerprint density at radius 3 is 2.23 bits per heavy atom. The molecule has 0 aliphatic carbocycles. The number of methoxy groups -OCH3 is 1. The largest absolute Gasteiger partial charge is 0.473 e. The molecular weight excluding hydrogens is 1240 g/mol. The molecule has 10 heterocycles. The third-order valence-electron chi connectivity index (χ3n) is 14.3. The third-order valence-corrected chi connectivity index (χ3v) is 20.0. The Kier molecular flexibility index (Phi) is 18.1. The second-order valence-electron chi connectivity index (χ2n) is 20.5. The van der Waals surface area contributed by atoms with Crippen LogP contribution >= 0.6 is 68.0 Å². The maximum atomic E-state index is 14.4. The molecule has 25 nitrogen and oxygen atoms in total. The van der Waals surface area contributed by atoms with Gasteiger partial charge in [-0.1, -0.05) is 44.2 Å². The van der Waals surface area contributed by atoms with Gasteiger partial charge in [0.2, 0.25) is 23.6 Å². The second-order valence-corrected chi connectivity index (χ2v) is 26.3. The van der Waals surface area contributed by atoms with Crippen LogP contribution in [0, 0.1) is 12.8 Å². The summed E-state index contributed by atoms with van der Waals surface area (Å²) in [7, 11) is 2.94. The predicted octanol–water partition coefficient (Wildman–Crippen LogP) is 5.93. The number of likely N-dealkylation sites (tertiary alicyclic amines) is 1. The summed E-state index contributed by atoms with van der Waals surface area (Å²) in [6.07, 6.45) is -0.374. The minimum Gasteiger partial charge on any atom is -0.473 e. The average Bonchev–Trinajstić information content (AvgIpc) is 2.59. The quantitative estimate of drug-likeness (QED) is 0.0788. The van der Waals surface area contributed by atoms with E-state index in [0.717, 1.165) is 11.3 Å². The number of carbonyl (C=O) groups excluding carboxylic acids is 7. The number of ether oxygens (including phenoxy) is 2. The fourth-order valence-corrected chi connectivity index (χ4v) is 15.4. The number of hydrogen-bond acceptors (Lipinski definition) is 24. The summed E-state index contributed by atoms with van der Waals surface area (Å²) >= 11 is 7.20. The molecule has 2 unspecified atom stereocenters. The zero-order valence-corrected chi connectivity index (χ0v) is 51.9. The Labute approximate surface area is 520 Å². The molecule has 8 aromatic rings. The SMILES string of the molecule is CNC(=O)C[C@@H]1NC(=O)c2csc(n2)-c2ccc(-c3nc(C4=N[C@H](C(=O)N5CCC[C@H]5C(N)=O)CO4)cs3)nc2-c2csc(n2)-c2csc(n2)C(C(O)c2ccccc2)NC(=O)CNC(=O)c2nc(sc2COC)[C@H](C(C)C)NC(=O)c2nc1sc2C. The minimum absolute atomic E-state index is 0.00115. The molecular formula is C56H55N15O10S6. The number of fused-ring (bicyclic) bond motifs is 14. The summed E-state index contributed by atoms with van der Waals surface area (Å²) < 4.78 is 11.4. The molecule has 0 spiro atoms. The smallest absolute Gasteiger partial charge is 0.271 e. The second kappa shape index (κ2) is 26.0. The molecule has 10 bridgehead atoms. The Morgan fingerprint density at radius 1 is 0.759 bits per heavy atom. The number of amides is 7. The molecule has 3 aliphatic rings. The van der Waals surface area contributed by atoms with E-state index in [1.165, 1.54) is 75.7 Å². The van der Waals surface area contributed by atoms with Crippen LogP contribution in [0.2, 0.25) is 0 Å². The summed E-state index contributed by atoms with van der Waals surface area (Å²) in [5.74, 6) is -3.91. The number of benzene rings is 1. The van der Waals surface area contributed by atoms with Gasteiger partial charge < -0.3 is 51.8 Å². The number of rotatable bonds is 11. The first kappa shape index (κ1) is 60.5. The van der Waals surface area contributed by atoms with Gasteiger partial charge in [-0.15, -0.1) is 68.0 Å². The first-order valence-corrected chi connectivity index (χ1v) is 32.3. The van der Waals surface area contributed by atoms with E-state index in [2.05, 4.69) is 31.6 Å². The first-order chi connectivity index (χ1) is 41.9. The van der Waals surface area contributed by atoms with Crippen LogP contribution in [0.5, 0.6) is 0 Å². The van der Waals surface area contributed by atoms with E-state index in [1.54, 1.807) is 70.9 Å². The van der Waals surface area contributed by atoms with Crippen LogP contribution in [0.4, 0.5) is 0 Å². The zero-order valence-electron chi connectivity index (χ0n) is 47.0. The molecule has 3 aliphatic heterocycles. The predicted molar refractivity (Wildman–Crippen MR) is 327 cm³/mol. The Hall–Kier alpha value is -8.17. The third kappa shape index (κ3) is 13.0. The Balaban J connectivity index is 0.970. The summed E-state index contributed by atoms with van der Waals surface area (Å²) in [5.41, 5.74) is 8.65. The van der Waals surface area contributed by atoms with Crippen LogP contribution < -0.4 is 32.3 Å². The lowest BCUT2D eigenvalue weighted by atomic mass is 10.0. The molecule has 0 radical (unpaired) electrons. The first-order valence-electron chi connectivity index (χ1n) is 27.2. The van der Waals surface area contributed by atoms with Gasteiger partial charge in [-0.25, -0.2) is 39.9 Å². The summed E-state index contributed by atoms with van der Waals surface area (Å²) in [5, 5.41) is 35.3. The molecule has 1 saturated heterocycles. The maximum Gasteiger partial charge on any atom is 0.271 e. The van der Waals surface area contributed by atoms with Crippen molar-refractivity contribution in [2.24, 2.45) is 16.6 Å². The van der Waals surface area contributed by atoms with Crippen molar-refractivity contribution in [1.29, 1.82) is 0 Å². The lowest BCUT2D eigenvalue weighted by Gasteiger charge is -2.23. The highest BCUT2D eigenvalue weighted by Crippen LogP contribution is 2.40. The number of hydrogen-bond donors (Lipinski definition) is 7. The van der Waals surface area contributed by atoms with E-state index in [9.17, 15) is 38.7 Å². The fourth-order valence-electron chi connectivity index (χ4n) is 9.84. The molecule has 1 aromatic carbocycles. The van der Waals surface area contributed by atoms with E-state index in [1.807, 2.05) is 13.8 Å². The van der Waals surface area contributed by atoms with E-state index in [4.69, 9.17) is 50.1 Å². The van der Waals surface area contributed by atoms with Gasteiger partial charge in [-0.05, 0) is 43.4 Å². The zero-order chi connectivity index (χ0) is 61.2. The summed E-state index contributed by atoms with van der Waals surface area (Å²) in [6, 6.07) is 7.92. The van der Waals surface area contributed by atoms with Crippen molar-refractivity contribution in [1.82, 2.24) is 66.4 Å². The average molecular weight is 1290 g/mol. The molecule has 1 fully saturated rings. The van der Waals surface area contributed by atoms with Crippen LogP contribution in [0.15, 0.2) is 69.0 Å². The number of aliphatic hydroxyl groups excluding tert-OH is 1. The number of nitrogens with two attached hydrogens (primary N) is 1. The van der Waals surface area contributed by atoms with Gasteiger partial charge in [0, 0.05) is 52.7 Å². The minimum atomic E-state index is -1.28. The van der Waals surface area contributed by atoms with Crippen molar-refractivity contribution >= 4 is 115 Å². The number of pyridine rings is 1. The number of thiazole rings is 6. The van der Waals surface area contributed by atoms with Gasteiger partial charge >= 0.3 is 0 Å². The number of primary amides is 1. The Morgan fingerprint density at radius 2 is 1.47 bits per heavy atom.